The van der Waals surface area contributed by atoms with Gasteiger partial charge in [-0.1, -0.05) is 41.4 Å². The quantitative estimate of drug-likeness (QED) is 0.337. The Kier molecular flexibility index (Phi) is 5.73. The molecule has 0 amide bonds. The Morgan fingerprint density at radius 3 is 2.52 bits per heavy atom. The van der Waals surface area contributed by atoms with Crippen LogP contribution in [-0.2, 0) is 11.2 Å². The first-order valence-corrected chi connectivity index (χ1v) is 10.6. The van der Waals surface area contributed by atoms with Gasteiger partial charge in [-0.15, -0.1) is 0 Å². The molecule has 3 aromatic rings. The molecule has 0 unspecified atom stereocenters. The second kappa shape index (κ2) is 8.33. The Morgan fingerprint density at radius 1 is 1.10 bits per heavy atom. The van der Waals surface area contributed by atoms with Crippen molar-refractivity contribution in [2.24, 2.45) is 0 Å². The molecule has 0 saturated heterocycles. The first-order chi connectivity index (χ1) is 14.8. The van der Waals surface area contributed by atoms with E-state index in [1.54, 1.807) is 12.1 Å². The third kappa shape index (κ3) is 4.43. The number of hydrogen-bond acceptors (Lipinski definition) is 5. The van der Waals surface area contributed by atoms with Crippen molar-refractivity contribution in [3.63, 3.8) is 0 Å². The average Bonchev–Trinajstić information content (AvgIpc) is 2.73. The van der Waals surface area contributed by atoms with Crippen LogP contribution < -0.4 is 4.74 Å². The minimum absolute atomic E-state index is 0.148. The zero-order valence-electron chi connectivity index (χ0n) is 17.1. The summed E-state index contributed by atoms with van der Waals surface area (Å²) in [5, 5.41) is 16.0. The van der Waals surface area contributed by atoms with Crippen LogP contribution in [0.15, 0.2) is 48.5 Å². The number of pyridine rings is 1. The summed E-state index contributed by atoms with van der Waals surface area (Å²) >= 11 is 12.7. The molecule has 158 valence electrons. The van der Waals surface area contributed by atoms with Crippen molar-refractivity contribution in [1.82, 2.24) is 4.98 Å². The van der Waals surface area contributed by atoms with Crippen molar-refractivity contribution in [1.29, 1.82) is 10.8 Å². The smallest absolute Gasteiger partial charge is 0.220 e. The molecule has 0 aliphatic carbocycles. The van der Waals surface area contributed by atoms with Gasteiger partial charge in [-0.25, -0.2) is 4.98 Å². The van der Waals surface area contributed by atoms with E-state index in [0.717, 1.165) is 29.5 Å². The van der Waals surface area contributed by atoms with Gasteiger partial charge in [-0.05, 0) is 62.6 Å². The van der Waals surface area contributed by atoms with Gasteiger partial charge < -0.3 is 9.47 Å². The molecule has 1 aromatic heterocycles. The second-order valence-corrected chi connectivity index (χ2v) is 8.82. The molecule has 7 heteroatoms. The summed E-state index contributed by atoms with van der Waals surface area (Å²) in [5.74, 6) is 0.467. The van der Waals surface area contributed by atoms with Crippen LogP contribution in [0.1, 0.15) is 31.4 Å². The van der Waals surface area contributed by atoms with Gasteiger partial charge in [0.2, 0.25) is 11.8 Å². The molecule has 0 saturated carbocycles. The normalized spacial score (nSPS) is 14.3. The summed E-state index contributed by atoms with van der Waals surface area (Å²) in [6, 6.07) is 14.9. The van der Waals surface area contributed by atoms with Gasteiger partial charge in [0.1, 0.15) is 5.60 Å². The molecule has 0 bridgehead atoms. The summed E-state index contributed by atoms with van der Waals surface area (Å²) < 4.78 is 11.0. The fourth-order valence-corrected chi connectivity index (χ4v) is 3.98. The summed E-state index contributed by atoms with van der Waals surface area (Å²) in [6.07, 6.45) is 2.50. The van der Waals surface area contributed by atoms with Gasteiger partial charge >= 0.3 is 0 Å². The molecule has 1 aliphatic rings. The molecule has 0 fully saturated rings. The Bertz CT molecular complexity index is 1170. The molecular formula is C24H21Cl2N3O2. The number of halogens is 2. The Hall–Kier alpha value is -2.89. The average molecular weight is 454 g/mol. The first-order valence-electron chi connectivity index (χ1n) is 9.81. The van der Waals surface area contributed by atoms with Gasteiger partial charge in [0.15, 0.2) is 6.40 Å². The van der Waals surface area contributed by atoms with Crippen molar-refractivity contribution in [3.8, 4) is 28.3 Å². The maximum absolute atomic E-state index is 7.89. The van der Waals surface area contributed by atoms with E-state index in [-0.39, 0.29) is 11.5 Å². The monoisotopic (exact) mass is 453 g/mol. The van der Waals surface area contributed by atoms with Crippen LogP contribution >= 0.6 is 23.2 Å². The SMILES string of the molecule is CC1(C)CCc2cc(-c3ccc(Cl)cc3)c(-c3ccc(C(=N)OC=N)cc3Cl)nc2O1. The molecule has 2 N–H and O–H groups in total. The fraction of sp³-hybridized carbons (Fsp3) is 0.208. The summed E-state index contributed by atoms with van der Waals surface area (Å²) in [7, 11) is 0. The largest absolute Gasteiger partial charge is 0.471 e. The topological polar surface area (TPSA) is 79.0 Å². The van der Waals surface area contributed by atoms with E-state index in [0.29, 0.717) is 39.1 Å². The van der Waals surface area contributed by atoms with E-state index in [1.165, 1.54) is 0 Å². The fourth-order valence-electron chi connectivity index (χ4n) is 3.58. The van der Waals surface area contributed by atoms with E-state index < -0.39 is 0 Å². The summed E-state index contributed by atoms with van der Waals surface area (Å²) in [5.41, 5.74) is 4.55. The second-order valence-electron chi connectivity index (χ2n) is 7.98. The van der Waals surface area contributed by atoms with Gasteiger partial charge in [0.05, 0.1) is 10.7 Å². The van der Waals surface area contributed by atoms with Crippen LogP contribution in [0.4, 0.5) is 0 Å². The summed E-state index contributed by atoms with van der Waals surface area (Å²) in [4.78, 5) is 4.89. The van der Waals surface area contributed by atoms with Gasteiger partial charge in [0.25, 0.3) is 0 Å². The predicted octanol–water partition coefficient (Wildman–Crippen LogP) is 6.78. The molecule has 31 heavy (non-hydrogen) atoms. The molecule has 0 spiro atoms. The number of aryl methyl sites for hydroxylation is 1. The van der Waals surface area contributed by atoms with Crippen molar-refractivity contribution < 1.29 is 9.47 Å². The van der Waals surface area contributed by atoms with Crippen LogP contribution in [0.2, 0.25) is 10.0 Å². The Labute approximate surface area is 191 Å². The van der Waals surface area contributed by atoms with Crippen LogP contribution in [0.5, 0.6) is 5.88 Å². The van der Waals surface area contributed by atoms with Crippen LogP contribution in [-0.4, -0.2) is 22.9 Å². The number of nitrogens with one attached hydrogen (secondary N) is 2. The minimum Gasteiger partial charge on any atom is -0.471 e. The highest BCUT2D eigenvalue weighted by Crippen LogP contribution is 2.41. The molecule has 4 rings (SSSR count). The highest BCUT2D eigenvalue weighted by molar-refractivity contribution is 6.34. The maximum Gasteiger partial charge on any atom is 0.220 e. The summed E-state index contributed by atoms with van der Waals surface area (Å²) in [6.45, 7) is 4.11. The third-order valence-corrected chi connectivity index (χ3v) is 5.81. The van der Waals surface area contributed by atoms with E-state index in [4.69, 9.17) is 48.5 Å². The lowest BCUT2D eigenvalue weighted by atomic mass is 9.92. The molecule has 5 nitrogen and oxygen atoms in total. The third-order valence-electron chi connectivity index (χ3n) is 5.25. The number of nitrogens with zero attached hydrogens (tertiary/aromatic N) is 1. The number of rotatable bonds is 4. The maximum atomic E-state index is 7.89. The molecule has 0 atom stereocenters. The molecule has 1 aliphatic heterocycles. The lowest BCUT2D eigenvalue weighted by molar-refractivity contribution is 0.0785. The van der Waals surface area contributed by atoms with Crippen LogP contribution in [0.3, 0.4) is 0 Å². The van der Waals surface area contributed by atoms with Crippen molar-refractivity contribution in [2.75, 3.05) is 0 Å². The number of fused-ring (bicyclic) bond motifs is 1. The number of ether oxygens (including phenoxy) is 2. The van der Waals surface area contributed by atoms with Crippen molar-refractivity contribution >= 4 is 35.5 Å². The zero-order valence-corrected chi connectivity index (χ0v) is 18.6. The molecular weight excluding hydrogens is 433 g/mol. The molecule has 0 radical (unpaired) electrons. The van der Waals surface area contributed by atoms with Crippen molar-refractivity contribution in [2.45, 2.75) is 32.3 Å². The van der Waals surface area contributed by atoms with E-state index >= 15 is 0 Å². The highest BCUT2D eigenvalue weighted by Gasteiger charge is 2.29. The van der Waals surface area contributed by atoms with Gasteiger partial charge in [-0.3, -0.25) is 10.8 Å². The number of aromatic nitrogens is 1. The van der Waals surface area contributed by atoms with Crippen LogP contribution in [0.25, 0.3) is 22.4 Å². The standard InChI is InChI=1S/C24H21Cl2N3O2/c1-24(2)10-9-16-11-19(14-3-6-17(25)7-4-14)21(29-23(16)31-24)18-8-5-15(12-20(18)26)22(28)30-13-27/h3-8,11-13,27-28H,9-10H2,1-2H3. The van der Waals surface area contributed by atoms with E-state index in [1.807, 2.05) is 30.3 Å². The Morgan fingerprint density at radius 2 is 1.84 bits per heavy atom. The predicted molar refractivity (Wildman–Crippen MR) is 125 cm³/mol. The van der Waals surface area contributed by atoms with Gasteiger partial charge in [-0.2, -0.15) is 0 Å². The number of benzene rings is 2. The minimum atomic E-state index is -0.286. The lowest BCUT2D eigenvalue weighted by Crippen LogP contribution is -2.33. The molecule has 2 aromatic carbocycles. The zero-order chi connectivity index (χ0) is 22.2. The first kappa shape index (κ1) is 21.3. The van der Waals surface area contributed by atoms with E-state index in [9.17, 15) is 0 Å². The lowest BCUT2D eigenvalue weighted by Gasteiger charge is -2.32. The van der Waals surface area contributed by atoms with Crippen molar-refractivity contribution in [3.05, 3.63) is 69.7 Å². The number of hydrogen-bond donors (Lipinski definition) is 2. The van der Waals surface area contributed by atoms with E-state index in [2.05, 4.69) is 19.9 Å². The van der Waals surface area contributed by atoms with Gasteiger partial charge in [0, 0.05) is 27.3 Å². The van der Waals surface area contributed by atoms with Crippen LogP contribution in [0, 0.1) is 10.8 Å². The highest BCUT2D eigenvalue weighted by atomic mass is 35.5. The molecule has 2 heterocycles. The Balaban J connectivity index is 1.88.